The van der Waals surface area contributed by atoms with Crippen LogP contribution >= 0.6 is 11.6 Å². The summed E-state index contributed by atoms with van der Waals surface area (Å²) >= 11 is 6.21. The Morgan fingerprint density at radius 3 is 2.27 bits per heavy atom. The van der Waals surface area contributed by atoms with Crippen LogP contribution in [-0.2, 0) is 10.2 Å². The van der Waals surface area contributed by atoms with Crippen LogP contribution in [0.5, 0.6) is 5.75 Å². The van der Waals surface area contributed by atoms with E-state index in [0.29, 0.717) is 16.1 Å². The van der Waals surface area contributed by atoms with Gasteiger partial charge in [0, 0.05) is 16.2 Å². The molecule has 120 valence electrons. The van der Waals surface area contributed by atoms with E-state index >= 15 is 0 Å². The van der Waals surface area contributed by atoms with Gasteiger partial charge < -0.3 is 4.74 Å². The van der Waals surface area contributed by atoms with E-state index in [9.17, 15) is 18.0 Å². The first-order valence-electron chi connectivity index (χ1n) is 6.71. The standard InChI is InChI=1S/C16H16ClF3O2/c1-8(21)10-5-9-6-12(17)11(15(2,3)4)7-13(9)22-14(10)16(18,19)20/h5-7,14H,1-4H3/t14-/m0/s1. The van der Waals surface area contributed by atoms with Crippen LogP contribution in [0.1, 0.15) is 38.8 Å². The molecule has 0 unspecified atom stereocenters. The fourth-order valence-electron chi connectivity index (χ4n) is 2.32. The van der Waals surface area contributed by atoms with Gasteiger partial charge in [-0.05, 0) is 36.1 Å². The third kappa shape index (κ3) is 3.14. The van der Waals surface area contributed by atoms with Gasteiger partial charge in [0.25, 0.3) is 0 Å². The summed E-state index contributed by atoms with van der Waals surface area (Å²) in [7, 11) is 0. The smallest absolute Gasteiger partial charge is 0.429 e. The average Bonchev–Trinajstić information content (AvgIpc) is 2.33. The van der Waals surface area contributed by atoms with Crippen molar-refractivity contribution in [1.82, 2.24) is 0 Å². The number of carbonyl (C=O) groups is 1. The number of Topliss-reactive ketones (excluding diaryl/α,β-unsaturated/α-hetero) is 1. The van der Waals surface area contributed by atoms with Crippen LogP contribution < -0.4 is 4.74 Å². The molecule has 1 heterocycles. The largest absolute Gasteiger partial charge is 0.475 e. The lowest BCUT2D eigenvalue weighted by atomic mass is 9.85. The molecule has 22 heavy (non-hydrogen) atoms. The Balaban J connectivity index is 2.61. The van der Waals surface area contributed by atoms with Crippen molar-refractivity contribution in [3.05, 3.63) is 33.9 Å². The van der Waals surface area contributed by atoms with Gasteiger partial charge in [-0.1, -0.05) is 32.4 Å². The Bertz CT molecular complexity index is 655. The molecule has 0 bridgehead atoms. The molecule has 2 rings (SSSR count). The van der Waals surface area contributed by atoms with Crippen LogP contribution in [0.4, 0.5) is 13.2 Å². The maximum atomic E-state index is 13.1. The summed E-state index contributed by atoms with van der Waals surface area (Å²) in [6, 6.07) is 3.05. The number of rotatable bonds is 1. The summed E-state index contributed by atoms with van der Waals surface area (Å²) in [4.78, 5) is 11.5. The summed E-state index contributed by atoms with van der Waals surface area (Å²) in [6.45, 7) is 6.80. The van der Waals surface area contributed by atoms with Crippen LogP contribution in [0.2, 0.25) is 5.02 Å². The van der Waals surface area contributed by atoms with Crippen LogP contribution in [0.3, 0.4) is 0 Å². The van der Waals surface area contributed by atoms with E-state index in [-0.39, 0.29) is 11.2 Å². The minimum absolute atomic E-state index is 0.0849. The molecule has 0 spiro atoms. The fraction of sp³-hybridized carbons (Fsp3) is 0.438. The number of fused-ring (bicyclic) bond motifs is 1. The molecular weight excluding hydrogens is 317 g/mol. The molecule has 0 fully saturated rings. The SMILES string of the molecule is CC(=O)C1=Cc2cc(Cl)c(C(C)(C)C)cc2O[C@@H]1C(F)(F)F. The Morgan fingerprint density at radius 1 is 1.23 bits per heavy atom. The van der Waals surface area contributed by atoms with Gasteiger partial charge in [0.15, 0.2) is 5.78 Å². The summed E-state index contributed by atoms with van der Waals surface area (Å²) in [5.41, 5.74) is 0.310. The van der Waals surface area contributed by atoms with Crippen LogP contribution in [0, 0.1) is 0 Å². The van der Waals surface area contributed by atoms with Gasteiger partial charge in [-0.2, -0.15) is 13.2 Å². The van der Waals surface area contributed by atoms with Crippen molar-refractivity contribution in [2.75, 3.05) is 0 Å². The van der Waals surface area contributed by atoms with Crippen molar-refractivity contribution in [2.24, 2.45) is 0 Å². The van der Waals surface area contributed by atoms with E-state index in [2.05, 4.69) is 0 Å². The number of alkyl halides is 3. The number of ether oxygens (including phenoxy) is 1. The number of ketones is 1. The van der Waals surface area contributed by atoms with Crippen LogP contribution in [0.15, 0.2) is 17.7 Å². The van der Waals surface area contributed by atoms with E-state index in [1.54, 1.807) is 0 Å². The molecule has 1 aliphatic heterocycles. The number of hydrogen-bond acceptors (Lipinski definition) is 2. The van der Waals surface area contributed by atoms with Crippen molar-refractivity contribution in [2.45, 2.75) is 45.4 Å². The van der Waals surface area contributed by atoms with E-state index < -0.39 is 23.6 Å². The molecule has 0 aliphatic carbocycles. The first kappa shape index (κ1) is 16.9. The normalized spacial score (nSPS) is 18.4. The van der Waals surface area contributed by atoms with E-state index in [0.717, 1.165) is 6.92 Å². The maximum absolute atomic E-state index is 13.1. The number of benzene rings is 1. The van der Waals surface area contributed by atoms with Gasteiger partial charge in [0.2, 0.25) is 6.10 Å². The van der Waals surface area contributed by atoms with E-state index in [1.807, 2.05) is 20.8 Å². The first-order valence-corrected chi connectivity index (χ1v) is 7.09. The topological polar surface area (TPSA) is 26.3 Å². The van der Waals surface area contributed by atoms with E-state index in [4.69, 9.17) is 16.3 Å². The lowest BCUT2D eigenvalue weighted by Crippen LogP contribution is -2.40. The van der Waals surface area contributed by atoms with Crippen molar-refractivity contribution < 1.29 is 22.7 Å². The zero-order valence-corrected chi connectivity index (χ0v) is 13.4. The predicted molar refractivity (Wildman–Crippen MR) is 79.3 cm³/mol. The van der Waals surface area contributed by atoms with Gasteiger partial charge in [0.1, 0.15) is 5.75 Å². The van der Waals surface area contributed by atoms with Crippen molar-refractivity contribution in [1.29, 1.82) is 0 Å². The zero-order valence-electron chi connectivity index (χ0n) is 12.6. The number of hydrogen-bond donors (Lipinski definition) is 0. The summed E-state index contributed by atoms with van der Waals surface area (Å²) in [5.74, 6) is -0.592. The Hall–Kier alpha value is -1.49. The van der Waals surface area contributed by atoms with Crippen molar-refractivity contribution in [3.63, 3.8) is 0 Å². The number of carbonyl (C=O) groups excluding carboxylic acids is 1. The predicted octanol–water partition coefficient (Wildman–Crippen LogP) is 4.93. The Labute approximate surface area is 131 Å². The molecule has 0 saturated heterocycles. The Kier molecular flexibility index (Phi) is 4.07. The quantitative estimate of drug-likeness (QED) is 0.728. The van der Waals surface area contributed by atoms with Crippen molar-refractivity contribution in [3.8, 4) is 5.75 Å². The average molecular weight is 333 g/mol. The lowest BCUT2D eigenvalue weighted by Gasteiger charge is -2.30. The lowest BCUT2D eigenvalue weighted by molar-refractivity contribution is -0.184. The molecule has 0 N–H and O–H groups in total. The van der Waals surface area contributed by atoms with Crippen LogP contribution in [-0.4, -0.2) is 18.1 Å². The minimum atomic E-state index is -4.66. The summed E-state index contributed by atoms with van der Waals surface area (Å²) in [5, 5.41) is 0.430. The van der Waals surface area contributed by atoms with Crippen LogP contribution in [0.25, 0.3) is 6.08 Å². The van der Waals surface area contributed by atoms with Crippen molar-refractivity contribution >= 4 is 23.5 Å². The van der Waals surface area contributed by atoms with E-state index in [1.165, 1.54) is 18.2 Å². The first-order chi connectivity index (χ1) is 9.91. The maximum Gasteiger partial charge on any atom is 0.429 e. The molecule has 1 atom stereocenters. The molecule has 0 radical (unpaired) electrons. The molecule has 2 nitrogen and oxygen atoms in total. The molecular formula is C16H16ClF3O2. The van der Waals surface area contributed by atoms with Gasteiger partial charge in [-0.25, -0.2) is 0 Å². The molecule has 0 amide bonds. The monoisotopic (exact) mass is 332 g/mol. The number of halogens is 4. The third-order valence-corrected chi connectivity index (χ3v) is 3.76. The fourth-order valence-corrected chi connectivity index (χ4v) is 2.78. The zero-order chi connectivity index (χ0) is 16.9. The summed E-state index contributed by atoms with van der Waals surface area (Å²) in [6.07, 6.45) is -5.69. The highest BCUT2D eigenvalue weighted by Gasteiger charge is 2.47. The molecule has 1 aliphatic rings. The minimum Gasteiger partial charge on any atom is -0.475 e. The highest BCUT2D eigenvalue weighted by atomic mass is 35.5. The molecule has 1 aromatic carbocycles. The second-order valence-corrected chi connectivity index (χ2v) is 6.72. The molecule has 6 heteroatoms. The molecule has 0 aromatic heterocycles. The Morgan fingerprint density at radius 2 is 1.82 bits per heavy atom. The molecule has 0 saturated carbocycles. The van der Waals surface area contributed by atoms with Gasteiger partial charge >= 0.3 is 6.18 Å². The van der Waals surface area contributed by atoms with Gasteiger partial charge in [-0.3, -0.25) is 4.79 Å². The second kappa shape index (κ2) is 5.30. The third-order valence-electron chi connectivity index (χ3n) is 3.45. The molecule has 1 aromatic rings. The summed E-state index contributed by atoms with van der Waals surface area (Å²) < 4.78 is 44.4. The second-order valence-electron chi connectivity index (χ2n) is 6.32. The highest BCUT2D eigenvalue weighted by molar-refractivity contribution is 6.31. The van der Waals surface area contributed by atoms with Gasteiger partial charge in [-0.15, -0.1) is 0 Å². The highest BCUT2D eigenvalue weighted by Crippen LogP contribution is 2.41. The van der Waals surface area contributed by atoms with Gasteiger partial charge in [0.05, 0.1) is 0 Å².